The summed E-state index contributed by atoms with van der Waals surface area (Å²) in [5, 5.41) is 0. The Morgan fingerprint density at radius 1 is 1.09 bits per heavy atom. The second-order valence-electron chi connectivity index (χ2n) is 6.68. The molecule has 0 N–H and O–H groups in total. The fourth-order valence-corrected chi connectivity index (χ4v) is 1.94. The Morgan fingerprint density at radius 2 is 1.52 bits per heavy atom. The van der Waals surface area contributed by atoms with Crippen LogP contribution in [0.1, 0.15) is 45.7 Å². The third-order valence-corrected chi connectivity index (χ3v) is 2.92. The first-order valence-electron chi connectivity index (χ1n) is 7.81. The van der Waals surface area contributed by atoms with E-state index in [1.807, 2.05) is 24.3 Å². The number of rotatable bonds is 3. The van der Waals surface area contributed by atoms with Gasteiger partial charge in [-0.25, -0.2) is 0 Å². The molecule has 4 nitrogen and oxygen atoms in total. The average molecular weight is 318 g/mol. The van der Waals surface area contributed by atoms with Gasteiger partial charge in [-0.15, -0.1) is 0 Å². The smallest absolute Gasteiger partial charge is 0.323 e. The molecule has 0 unspecified atom stereocenters. The van der Waals surface area contributed by atoms with Crippen LogP contribution in [0.4, 0.5) is 0 Å². The van der Waals surface area contributed by atoms with Crippen molar-refractivity contribution in [3.8, 4) is 0 Å². The van der Waals surface area contributed by atoms with Gasteiger partial charge in [-0.05, 0) is 23.5 Å². The summed E-state index contributed by atoms with van der Waals surface area (Å²) in [6.07, 6.45) is 2.01. The van der Waals surface area contributed by atoms with E-state index in [2.05, 4.69) is 27.4 Å². The highest BCUT2D eigenvalue weighted by atomic mass is 16.7. The Bertz CT molecular complexity index is 532. The molecule has 126 valence electrons. The molecule has 1 aromatic carbocycles. The fourth-order valence-electron chi connectivity index (χ4n) is 1.94. The molecule has 4 heteroatoms. The molecule has 0 aromatic heterocycles. The predicted molar refractivity (Wildman–Crippen MR) is 90.5 cm³/mol. The van der Waals surface area contributed by atoms with Gasteiger partial charge in [0.25, 0.3) is 5.79 Å². The highest BCUT2D eigenvalue weighted by Gasteiger charge is 2.42. The number of hydrogen-bond donors (Lipinski definition) is 0. The van der Waals surface area contributed by atoms with Gasteiger partial charge >= 0.3 is 11.9 Å². The van der Waals surface area contributed by atoms with Gasteiger partial charge in [0.05, 0.1) is 0 Å². The first kappa shape index (κ1) is 18.9. The lowest BCUT2D eigenvalue weighted by atomic mass is 9.97. The summed E-state index contributed by atoms with van der Waals surface area (Å²) >= 11 is 0. The number of cyclic esters (lactones) is 2. The zero-order valence-corrected chi connectivity index (χ0v) is 14.6. The zero-order valence-electron chi connectivity index (χ0n) is 14.6. The molecule has 23 heavy (non-hydrogen) atoms. The molecule has 0 amide bonds. The Hall–Kier alpha value is -2.10. The van der Waals surface area contributed by atoms with Crippen LogP contribution < -0.4 is 0 Å². The molecule has 1 aromatic rings. The molecule has 1 fully saturated rings. The summed E-state index contributed by atoms with van der Waals surface area (Å²) in [7, 11) is 0. The summed E-state index contributed by atoms with van der Waals surface area (Å²) < 4.78 is 10.2. The third-order valence-electron chi connectivity index (χ3n) is 2.92. The van der Waals surface area contributed by atoms with E-state index in [1.54, 1.807) is 6.08 Å². The highest BCUT2D eigenvalue weighted by molar-refractivity contribution is 5.96. The lowest BCUT2D eigenvalue weighted by Crippen LogP contribution is -2.46. The Labute approximate surface area is 138 Å². The van der Waals surface area contributed by atoms with Gasteiger partial charge in [-0.1, -0.05) is 57.7 Å². The summed E-state index contributed by atoms with van der Waals surface area (Å²) in [6.45, 7) is 13.2. The number of carbonyl (C=O) groups excluding carboxylic acids is 2. The van der Waals surface area contributed by atoms with Gasteiger partial charge in [0.1, 0.15) is 0 Å². The van der Waals surface area contributed by atoms with Crippen LogP contribution in [0.3, 0.4) is 0 Å². The van der Waals surface area contributed by atoms with Gasteiger partial charge in [-0.3, -0.25) is 9.59 Å². The molecule has 0 radical (unpaired) electrons. The fraction of sp³-hybridized carbons (Fsp3) is 0.474. The molecule has 1 aliphatic rings. The number of hydrogen-bond acceptors (Lipinski definition) is 4. The van der Waals surface area contributed by atoms with Gasteiger partial charge < -0.3 is 9.47 Å². The minimum atomic E-state index is -1.17. The quantitative estimate of drug-likeness (QED) is 0.624. The van der Waals surface area contributed by atoms with Crippen LogP contribution in [0, 0.1) is 11.8 Å². The maximum atomic E-state index is 11.8. The van der Waals surface area contributed by atoms with Crippen LogP contribution in [0.5, 0.6) is 0 Å². The second kappa shape index (κ2) is 7.95. The average Bonchev–Trinajstić information content (AvgIpc) is 2.42. The van der Waals surface area contributed by atoms with E-state index in [0.29, 0.717) is 0 Å². The number of carbonyl (C=O) groups is 2. The van der Waals surface area contributed by atoms with Crippen molar-refractivity contribution < 1.29 is 19.1 Å². The summed E-state index contributed by atoms with van der Waals surface area (Å²) in [5.74, 6) is -2.29. The van der Waals surface area contributed by atoms with Gasteiger partial charge in [0, 0.05) is 13.8 Å². The first-order valence-corrected chi connectivity index (χ1v) is 7.81. The normalized spacial score (nSPS) is 17.0. The standard InChI is InChI=1S/C15H16O4.C4H10/c1-4-10-5-7-11(8-6-10)9-12-13(16)18-15(2,3)19-14(12)17;1-4(2)3/h4-8,12H,1,9H2,2-3H3;4H,1-3H3. The topological polar surface area (TPSA) is 52.6 Å². The largest absolute Gasteiger partial charge is 0.422 e. The molecule has 1 aliphatic heterocycles. The van der Waals surface area contributed by atoms with Crippen molar-refractivity contribution in [3.05, 3.63) is 42.0 Å². The van der Waals surface area contributed by atoms with Gasteiger partial charge in [0.2, 0.25) is 0 Å². The monoisotopic (exact) mass is 318 g/mol. The molecule has 0 atom stereocenters. The summed E-state index contributed by atoms with van der Waals surface area (Å²) in [4.78, 5) is 23.6. The summed E-state index contributed by atoms with van der Waals surface area (Å²) in [5.41, 5.74) is 1.86. The third kappa shape index (κ3) is 6.27. The van der Waals surface area contributed by atoms with Crippen molar-refractivity contribution in [2.24, 2.45) is 11.8 Å². The lowest BCUT2D eigenvalue weighted by Gasteiger charge is -2.32. The molecule has 0 aliphatic carbocycles. The summed E-state index contributed by atoms with van der Waals surface area (Å²) in [6, 6.07) is 7.48. The van der Waals surface area contributed by atoms with Crippen molar-refractivity contribution in [3.63, 3.8) is 0 Å². The minimum Gasteiger partial charge on any atom is -0.422 e. The first-order chi connectivity index (χ1) is 10.6. The SMILES string of the molecule is C=Cc1ccc(CC2C(=O)OC(C)(C)OC2=O)cc1.CC(C)C. The van der Waals surface area contributed by atoms with E-state index in [1.165, 1.54) is 13.8 Å². The van der Waals surface area contributed by atoms with E-state index >= 15 is 0 Å². The van der Waals surface area contributed by atoms with Crippen LogP contribution in [0.25, 0.3) is 6.08 Å². The van der Waals surface area contributed by atoms with Crippen molar-refractivity contribution in [2.75, 3.05) is 0 Å². The van der Waals surface area contributed by atoms with Crippen LogP contribution in [-0.2, 0) is 25.5 Å². The Balaban J connectivity index is 0.000000593. The molecule has 1 heterocycles. The molecule has 2 rings (SSSR count). The van der Waals surface area contributed by atoms with Gasteiger partial charge in [0.15, 0.2) is 5.92 Å². The van der Waals surface area contributed by atoms with Crippen molar-refractivity contribution in [1.29, 1.82) is 0 Å². The van der Waals surface area contributed by atoms with Crippen molar-refractivity contribution in [2.45, 2.75) is 46.8 Å². The number of benzene rings is 1. The number of esters is 2. The van der Waals surface area contributed by atoms with Crippen LogP contribution in [0.15, 0.2) is 30.8 Å². The second-order valence-corrected chi connectivity index (χ2v) is 6.68. The van der Waals surface area contributed by atoms with Crippen LogP contribution >= 0.6 is 0 Å². The lowest BCUT2D eigenvalue weighted by molar-refractivity contribution is -0.239. The molecule has 0 bridgehead atoms. The Kier molecular flexibility index (Phi) is 6.55. The van der Waals surface area contributed by atoms with E-state index in [9.17, 15) is 9.59 Å². The zero-order chi connectivity index (χ0) is 17.6. The molecular formula is C19H26O4. The van der Waals surface area contributed by atoms with Crippen LogP contribution in [0.2, 0.25) is 0 Å². The van der Waals surface area contributed by atoms with E-state index in [0.717, 1.165) is 17.0 Å². The van der Waals surface area contributed by atoms with Crippen LogP contribution in [-0.4, -0.2) is 17.7 Å². The molecule has 0 saturated carbocycles. The van der Waals surface area contributed by atoms with Crippen molar-refractivity contribution in [1.82, 2.24) is 0 Å². The predicted octanol–water partition coefficient (Wildman–Crippen LogP) is 3.99. The van der Waals surface area contributed by atoms with Gasteiger partial charge in [-0.2, -0.15) is 0 Å². The number of ether oxygens (including phenoxy) is 2. The molecule has 1 saturated heterocycles. The molecule has 0 spiro atoms. The Morgan fingerprint density at radius 3 is 1.91 bits per heavy atom. The van der Waals surface area contributed by atoms with Crippen molar-refractivity contribution >= 4 is 18.0 Å². The maximum absolute atomic E-state index is 11.8. The van der Waals surface area contributed by atoms with E-state index in [4.69, 9.17) is 9.47 Å². The highest BCUT2D eigenvalue weighted by Crippen LogP contribution is 2.25. The van der Waals surface area contributed by atoms with E-state index in [-0.39, 0.29) is 6.42 Å². The van der Waals surface area contributed by atoms with E-state index < -0.39 is 23.6 Å². The minimum absolute atomic E-state index is 0.283. The maximum Gasteiger partial charge on any atom is 0.323 e. The molecular weight excluding hydrogens is 292 g/mol.